The lowest BCUT2D eigenvalue weighted by atomic mass is 10.1. The van der Waals surface area contributed by atoms with Crippen LogP contribution in [0, 0.1) is 17.1 Å². The van der Waals surface area contributed by atoms with E-state index in [1.165, 1.54) is 25.3 Å². The number of nitrogens with one attached hydrogen (secondary N) is 1. The Morgan fingerprint density at radius 2 is 1.91 bits per heavy atom. The molecule has 0 radical (unpaired) electrons. The van der Waals surface area contributed by atoms with Crippen molar-refractivity contribution in [3.8, 4) is 17.6 Å². The molecule has 0 heterocycles. The van der Waals surface area contributed by atoms with Gasteiger partial charge in [0.2, 0.25) is 0 Å². The quantitative estimate of drug-likeness (QED) is 0.326. The molecule has 1 amide bonds. The van der Waals surface area contributed by atoms with E-state index in [1.54, 1.807) is 48.5 Å². The fraction of sp³-hybridized carbons (Fsp3) is 0.0833. The number of halogens is 3. The third-order valence-electron chi connectivity index (χ3n) is 4.35. The van der Waals surface area contributed by atoms with Crippen LogP contribution in [0.25, 0.3) is 6.08 Å². The second-order valence-electron chi connectivity index (χ2n) is 6.55. The summed E-state index contributed by atoms with van der Waals surface area (Å²) in [6.45, 7) is 0.148. The fourth-order valence-corrected chi connectivity index (χ4v) is 3.13. The van der Waals surface area contributed by atoms with Crippen LogP contribution in [0.5, 0.6) is 11.5 Å². The van der Waals surface area contributed by atoms with Gasteiger partial charge in [-0.15, -0.1) is 0 Å². The summed E-state index contributed by atoms with van der Waals surface area (Å²) < 4.78 is 24.4. The predicted octanol–water partition coefficient (Wildman–Crippen LogP) is 6.27. The average Bonchev–Trinajstić information content (AvgIpc) is 2.79. The van der Waals surface area contributed by atoms with Gasteiger partial charge in [0.15, 0.2) is 11.5 Å². The fourth-order valence-electron chi connectivity index (χ4n) is 2.79. The SMILES string of the molecule is COc1cc(/C=C(/C#N)C(=O)Nc2cccc(Cl)c2Cl)ccc1OCc1cccc(F)c1. The van der Waals surface area contributed by atoms with Crippen molar-refractivity contribution in [1.29, 1.82) is 5.26 Å². The van der Waals surface area contributed by atoms with Crippen LogP contribution < -0.4 is 14.8 Å². The van der Waals surface area contributed by atoms with E-state index in [4.69, 9.17) is 32.7 Å². The van der Waals surface area contributed by atoms with Crippen molar-refractivity contribution in [3.05, 3.63) is 93.2 Å². The van der Waals surface area contributed by atoms with E-state index in [2.05, 4.69) is 5.32 Å². The third kappa shape index (κ3) is 5.79. The molecule has 0 saturated heterocycles. The van der Waals surface area contributed by atoms with Crippen molar-refractivity contribution >= 4 is 40.9 Å². The van der Waals surface area contributed by atoms with Gasteiger partial charge in [-0.05, 0) is 53.6 Å². The molecule has 3 aromatic rings. The molecule has 0 aliphatic rings. The first-order chi connectivity index (χ1) is 15.4. The Kier molecular flexibility index (Phi) is 7.72. The van der Waals surface area contributed by atoms with E-state index in [1.807, 2.05) is 6.07 Å². The number of amides is 1. The minimum Gasteiger partial charge on any atom is -0.493 e. The third-order valence-corrected chi connectivity index (χ3v) is 5.17. The summed E-state index contributed by atoms with van der Waals surface area (Å²) >= 11 is 12.0. The highest BCUT2D eigenvalue weighted by Gasteiger charge is 2.14. The first-order valence-corrected chi connectivity index (χ1v) is 10.1. The Morgan fingerprint density at radius 1 is 1.12 bits per heavy atom. The number of methoxy groups -OCH3 is 1. The molecule has 1 N–H and O–H groups in total. The van der Waals surface area contributed by atoms with Crippen molar-refractivity contribution in [2.24, 2.45) is 0 Å². The van der Waals surface area contributed by atoms with Crippen LogP contribution >= 0.6 is 23.2 Å². The van der Waals surface area contributed by atoms with E-state index in [0.717, 1.165) is 0 Å². The Hall–Kier alpha value is -3.53. The van der Waals surface area contributed by atoms with Crippen molar-refractivity contribution in [3.63, 3.8) is 0 Å². The summed E-state index contributed by atoms with van der Waals surface area (Å²) in [6.07, 6.45) is 1.41. The topological polar surface area (TPSA) is 71.3 Å². The minimum atomic E-state index is -0.637. The first kappa shape index (κ1) is 23.1. The largest absolute Gasteiger partial charge is 0.493 e. The number of anilines is 1. The van der Waals surface area contributed by atoms with E-state index in [-0.39, 0.29) is 28.0 Å². The van der Waals surface area contributed by atoms with Crippen LogP contribution in [0.1, 0.15) is 11.1 Å². The molecule has 162 valence electrons. The van der Waals surface area contributed by atoms with Crippen LogP contribution in [-0.4, -0.2) is 13.0 Å². The number of nitriles is 1. The predicted molar refractivity (Wildman–Crippen MR) is 122 cm³/mol. The maximum absolute atomic E-state index is 13.3. The van der Waals surface area contributed by atoms with Gasteiger partial charge >= 0.3 is 0 Å². The average molecular weight is 471 g/mol. The monoisotopic (exact) mass is 470 g/mol. The van der Waals surface area contributed by atoms with Crippen molar-refractivity contribution < 1.29 is 18.7 Å². The number of nitrogens with zero attached hydrogens (tertiary/aromatic N) is 1. The number of benzene rings is 3. The highest BCUT2D eigenvalue weighted by molar-refractivity contribution is 6.44. The number of rotatable bonds is 7. The number of ether oxygens (including phenoxy) is 2. The van der Waals surface area contributed by atoms with E-state index in [9.17, 15) is 14.4 Å². The smallest absolute Gasteiger partial charge is 0.266 e. The normalized spacial score (nSPS) is 10.9. The minimum absolute atomic E-state index is 0.142. The van der Waals surface area contributed by atoms with Gasteiger partial charge in [-0.2, -0.15) is 5.26 Å². The Morgan fingerprint density at radius 3 is 2.62 bits per heavy atom. The number of carbonyl (C=O) groups excluding carboxylic acids is 1. The van der Waals surface area contributed by atoms with Crippen molar-refractivity contribution in [2.45, 2.75) is 6.61 Å². The molecular weight excluding hydrogens is 454 g/mol. The zero-order valence-corrected chi connectivity index (χ0v) is 18.4. The second kappa shape index (κ2) is 10.7. The molecule has 32 heavy (non-hydrogen) atoms. The van der Waals surface area contributed by atoms with Gasteiger partial charge in [0.25, 0.3) is 5.91 Å². The number of hydrogen-bond donors (Lipinski definition) is 1. The van der Waals surface area contributed by atoms with E-state index < -0.39 is 5.91 Å². The summed E-state index contributed by atoms with van der Waals surface area (Å²) in [4.78, 5) is 12.5. The van der Waals surface area contributed by atoms with Crippen LogP contribution in [0.15, 0.2) is 66.2 Å². The van der Waals surface area contributed by atoms with Crippen LogP contribution in [0.4, 0.5) is 10.1 Å². The van der Waals surface area contributed by atoms with Gasteiger partial charge < -0.3 is 14.8 Å². The lowest BCUT2D eigenvalue weighted by Crippen LogP contribution is -2.13. The molecule has 3 aromatic carbocycles. The zero-order valence-electron chi connectivity index (χ0n) is 16.9. The Balaban J connectivity index is 1.77. The molecule has 0 aliphatic carbocycles. The lowest BCUT2D eigenvalue weighted by Gasteiger charge is -2.12. The maximum Gasteiger partial charge on any atom is 0.266 e. The Labute approximate surface area is 194 Å². The first-order valence-electron chi connectivity index (χ1n) is 9.33. The number of hydrogen-bond acceptors (Lipinski definition) is 4. The molecule has 5 nitrogen and oxygen atoms in total. The van der Waals surface area contributed by atoms with Crippen molar-refractivity contribution in [2.75, 3.05) is 12.4 Å². The molecular formula is C24H17Cl2FN2O3. The maximum atomic E-state index is 13.3. The molecule has 0 atom stereocenters. The Bertz CT molecular complexity index is 1220. The standard InChI is InChI=1S/C24H17Cl2FN2O3/c1-31-22-12-15(8-9-21(22)32-14-16-4-2-5-18(27)11-16)10-17(13-28)24(30)29-20-7-3-6-19(25)23(20)26/h2-12H,14H2,1H3,(H,29,30)/b17-10-. The zero-order chi connectivity index (χ0) is 23.1. The summed E-state index contributed by atoms with van der Waals surface area (Å²) in [7, 11) is 1.47. The summed E-state index contributed by atoms with van der Waals surface area (Å²) in [5.41, 5.74) is 1.36. The van der Waals surface area contributed by atoms with Gasteiger partial charge in [-0.25, -0.2) is 4.39 Å². The van der Waals surface area contributed by atoms with Crippen molar-refractivity contribution in [1.82, 2.24) is 0 Å². The van der Waals surface area contributed by atoms with Gasteiger partial charge in [-0.3, -0.25) is 4.79 Å². The molecule has 0 fully saturated rings. The van der Waals surface area contributed by atoms with E-state index in [0.29, 0.717) is 28.3 Å². The van der Waals surface area contributed by atoms with E-state index >= 15 is 0 Å². The lowest BCUT2D eigenvalue weighted by molar-refractivity contribution is -0.112. The molecule has 0 saturated carbocycles. The van der Waals surface area contributed by atoms with Crippen LogP contribution in [-0.2, 0) is 11.4 Å². The summed E-state index contributed by atoms with van der Waals surface area (Å²) in [5, 5.41) is 12.5. The summed E-state index contributed by atoms with van der Waals surface area (Å²) in [6, 6.07) is 17.7. The molecule has 0 aliphatic heterocycles. The summed E-state index contributed by atoms with van der Waals surface area (Å²) in [5.74, 6) is -0.157. The van der Waals surface area contributed by atoms with Crippen LogP contribution in [0.2, 0.25) is 10.0 Å². The highest BCUT2D eigenvalue weighted by atomic mass is 35.5. The molecule has 3 rings (SSSR count). The number of carbonyl (C=O) groups is 1. The second-order valence-corrected chi connectivity index (χ2v) is 7.34. The molecule has 0 bridgehead atoms. The van der Waals surface area contributed by atoms with Crippen LogP contribution in [0.3, 0.4) is 0 Å². The van der Waals surface area contributed by atoms with Gasteiger partial charge in [-0.1, -0.05) is 47.5 Å². The van der Waals surface area contributed by atoms with Gasteiger partial charge in [0.05, 0.1) is 22.8 Å². The highest BCUT2D eigenvalue weighted by Crippen LogP contribution is 2.31. The molecule has 0 spiro atoms. The van der Waals surface area contributed by atoms with Gasteiger partial charge in [0.1, 0.15) is 24.1 Å². The van der Waals surface area contributed by atoms with Gasteiger partial charge in [0, 0.05) is 0 Å². The molecule has 0 unspecified atom stereocenters. The molecule has 0 aromatic heterocycles. The molecule has 8 heteroatoms.